The Hall–Kier alpha value is -2.00. The molecular weight excluding hydrogens is 314 g/mol. The molecule has 0 spiro atoms. The predicted molar refractivity (Wildman–Crippen MR) is 80.9 cm³/mol. The van der Waals surface area contributed by atoms with Crippen molar-refractivity contribution < 1.29 is 27.1 Å². The molecule has 22 heavy (non-hydrogen) atoms. The SMILES string of the molecule is CC.CC(C)OS(=O)(=O)c1ccc([N+](=O)[O-])cc1.COC=O. The lowest BCUT2D eigenvalue weighted by Crippen LogP contribution is -2.12. The van der Waals surface area contributed by atoms with E-state index in [1.807, 2.05) is 13.8 Å². The Morgan fingerprint density at radius 3 is 1.86 bits per heavy atom. The quantitative estimate of drug-likeness (QED) is 0.351. The molecule has 0 atom stereocenters. The Morgan fingerprint density at radius 2 is 1.59 bits per heavy atom. The fraction of sp³-hybridized carbons (Fsp3) is 0.462. The Morgan fingerprint density at radius 1 is 1.18 bits per heavy atom. The number of carbonyl (C=O) groups excluding carboxylic acids is 1. The van der Waals surface area contributed by atoms with Crippen molar-refractivity contribution in [3.8, 4) is 0 Å². The highest BCUT2D eigenvalue weighted by Crippen LogP contribution is 2.18. The standard InChI is InChI=1S/C9H11NO5S.C2H4O2.C2H6/c1-7(2)15-16(13,14)9-5-3-8(4-6-9)10(11)12;1-4-2-3;1-2/h3-7H,1-2H3;2H,1H3;1-2H3. The summed E-state index contributed by atoms with van der Waals surface area (Å²) in [5, 5.41) is 10.4. The van der Waals surface area contributed by atoms with Gasteiger partial charge in [-0.3, -0.25) is 19.1 Å². The second-order valence-electron chi connectivity index (χ2n) is 3.68. The molecule has 1 aromatic rings. The summed E-state index contributed by atoms with van der Waals surface area (Å²) in [6.45, 7) is 7.55. The molecule has 0 unspecified atom stereocenters. The molecule has 126 valence electrons. The minimum Gasteiger partial charge on any atom is -0.471 e. The predicted octanol–water partition coefficient (Wildman–Crippen LogP) is 2.52. The van der Waals surface area contributed by atoms with Crippen LogP contribution in [0.3, 0.4) is 0 Å². The molecule has 0 fully saturated rings. The Bertz CT molecular complexity index is 538. The first-order valence-corrected chi connectivity index (χ1v) is 7.79. The zero-order chi connectivity index (χ0) is 17.8. The summed E-state index contributed by atoms with van der Waals surface area (Å²) in [5.74, 6) is 0. The number of methoxy groups -OCH3 is 1. The van der Waals surface area contributed by atoms with Gasteiger partial charge in [-0.05, 0) is 26.0 Å². The fourth-order valence-corrected chi connectivity index (χ4v) is 2.13. The van der Waals surface area contributed by atoms with Crippen molar-refractivity contribution in [3.05, 3.63) is 34.4 Å². The zero-order valence-electron chi connectivity index (χ0n) is 13.2. The van der Waals surface area contributed by atoms with Gasteiger partial charge in [0.15, 0.2) is 0 Å². The van der Waals surface area contributed by atoms with Crippen LogP contribution in [0.5, 0.6) is 0 Å². The van der Waals surface area contributed by atoms with E-state index in [2.05, 4.69) is 4.74 Å². The van der Waals surface area contributed by atoms with Gasteiger partial charge in [-0.25, -0.2) is 0 Å². The van der Waals surface area contributed by atoms with Crippen LogP contribution in [0.1, 0.15) is 27.7 Å². The highest BCUT2D eigenvalue weighted by molar-refractivity contribution is 7.86. The lowest BCUT2D eigenvalue weighted by Gasteiger charge is -2.07. The molecule has 1 rings (SSSR count). The van der Waals surface area contributed by atoms with Gasteiger partial charge in [0.2, 0.25) is 0 Å². The van der Waals surface area contributed by atoms with Crippen LogP contribution < -0.4 is 0 Å². The van der Waals surface area contributed by atoms with E-state index < -0.39 is 21.1 Å². The number of non-ortho nitro benzene ring substituents is 1. The van der Waals surface area contributed by atoms with Crippen molar-refractivity contribution in [2.45, 2.75) is 38.7 Å². The molecule has 0 amide bonds. The number of ether oxygens (including phenoxy) is 1. The average molecular weight is 335 g/mol. The summed E-state index contributed by atoms with van der Waals surface area (Å²) in [5.41, 5.74) is -0.163. The third-order valence-corrected chi connectivity index (χ3v) is 3.24. The number of nitro groups is 1. The summed E-state index contributed by atoms with van der Waals surface area (Å²) < 4.78 is 31.7. The third kappa shape index (κ3) is 9.03. The maximum atomic E-state index is 11.5. The number of hydrogen-bond acceptors (Lipinski definition) is 7. The molecule has 0 aliphatic carbocycles. The Labute approximate surface area is 130 Å². The topological polar surface area (TPSA) is 113 Å². The number of nitrogens with zero attached hydrogens (tertiary/aromatic N) is 1. The van der Waals surface area contributed by atoms with E-state index in [0.717, 1.165) is 24.3 Å². The maximum Gasteiger partial charge on any atom is 0.297 e. The molecule has 0 bridgehead atoms. The van der Waals surface area contributed by atoms with Gasteiger partial charge in [0.1, 0.15) is 0 Å². The molecule has 9 heteroatoms. The van der Waals surface area contributed by atoms with Gasteiger partial charge in [0.25, 0.3) is 22.3 Å². The van der Waals surface area contributed by atoms with E-state index in [4.69, 9.17) is 8.98 Å². The highest BCUT2D eigenvalue weighted by atomic mass is 32.2. The van der Waals surface area contributed by atoms with Crippen LogP contribution in [-0.4, -0.2) is 33.0 Å². The van der Waals surface area contributed by atoms with E-state index in [-0.39, 0.29) is 10.6 Å². The molecule has 0 N–H and O–H groups in total. The molecular formula is C13H21NO7S. The monoisotopic (exact) mass is 335 g/mol. The van der Waals surface area contributed by atoms with Crippen molar-refractivity contribution in [2.24, 2.45) is 0 Å². The molecule has 0 heterocycles. The van der Waals surface area contributed by atoms with Crippen LogP contribution in [-0.2, 0) is 23.8 Å². The van der Waals surface area contributed by atoms with Crippen LogP contribution >= 0.6 is 0 Å². The lowest BCUT2D eigenvalue weighted by molar-refractivity contribution is -0.384. The first-order chi connectivity index (χ1) is 10.2. The Balaban J connectivity index is 0. The van der Waals surface area contributed by atoms with Crippen LogP contribution in [0.4, 0.5) is 5.69 Å². The van der Waals surface area contributed by atoms with Crippen molar-refractivity contribution in [1.29, 1.82) is 0 Å². The highest BCUT2D eigenvalue weighted by Gasteiger charge is 2.18. The first-order valence-electron chi connectivity index (χ1n) is 6.38. The van der Waals surface area contributed by atoms with E-state index in [1.165, 1.54) is 7.11 Å². The van der Waals surface area contributed by atoms with Crippen molar-refractivity contribution >= 4 is 22.3 Å². The molecule has 0 saturated carbocycles. The zero-order valence-corrected chi connectivity index (χ0v) is 14.0. The summed E-state index contributed by atoms with van der Waals surface area (Å²) in [6.07, 6.45) is -0.472. The summed E-state index contributed by atoms with van der Waals surface area (Å²) in [4.78, 5) is 18.6. The number of hydrogen-bond donors (Lipinski definition) is 0. The smallest absolute Gasteiger partial charge is 0.297 e. The van der Waals surface area contributed by atoms with E-state index in [1.54, 1.807) is 13.8 Å². The molecule has 0 aliphatic heterocycles. The number of nitro benzene ring substituents is 1. The molecule has 0 aromatic heterocycles. The summed E-state index contributed by atoms with van der Waals surface area (Å²) in [7, 11) is -2.51. The molecule has 1 aromatic carbocycles. The second kappa shape index (κ2) is 11.6. The van der Waals surface area contributed by atoms with E-state index in [9.17, 15) is 18.5 Å². The Kier molecular flexibility index (Phi) is 11.8. The van der Waals surface area contributed by atoms with Crippen molar-refractivity contribution in [1.82, 2.24) is 0 Å². The first kappa shape index (κ1) is 22.3. The number of carbonyl (C=O) groups is 1. The normalized spacial score (nSPS) is 9.73. The van der Waals surface area contributed by atoms with Gasteiger partial charge >= 0.3 is 0 Å². The van der Waals surface area contributed by atoms with Gasteiger partial charge in [-0.15, -0.1) is 0 Å². The second-order valence-corrected chi connectivity index (χ2v) is 5.25. The van der Waals surface area contributed by atoms with Crippen LogP contribution in [0.2, 0.25) is 0 Å². The van der Waals surface area contributed by atoms with Crippen molar-refractivity contribution in [2.75, 3.05) is 7.11 Å². The van der Waals surface area contributed by atoms with Gasteiger partial charge in [0, 0.05) is 12.1 Å². The van der Waals surface area contributed by atoms with Gasteiger partial charge in [0.05, 0.1) is 23.0 Å². The summed E-state index contributed by atoms with van der Waals surface area (Å²) in [6, 6.07) is 4.54. The molecule has 0 radical (unpaired) electrons. The number of benzene rings is 1. The largest absolute Gasteiger partial charge is 0.471 e. The number of rotatable bonds is 5. The lowest BCUT2D eigenvalue weighted by atomic mass is 10.3. The van der Waals surface area contributed by atoms with Gasteiger partial charge < -0.3 is 4.74 Å². The fourth-order valence-electron chi connectivity index (χ4n) is 1.04. The van der Waals surface area contributed by atoms with Gasteiger partial charge in [-0.2, -0.15) is 8.42 Å². The third-order valence-electron chi connectivity index (χ3n) is 1.75. The maximum absolute atomic E-state index is 11.5. The van der Waals surface area contributed by atoms with Crippen LogP contribution in [0.25, 0.3) is 0 Å². The van der Waals surface area contributed by atoms with E-state index >= 15 is 0 Å². The minimum atomic E-state index is -3.82. The molecule has 8 nitrogen and oxygen atoms in total. The van der Waals surface area contributed by atoms with Gasteiger partial charge in [-0.1, -0.05) is 13.8 Å². The summed E-state index contributed by atoms with van der Waals surface area (Å²) >= 11 is 0. The van der Waals surface area contributed by atoms with Crippen LogP contribution in [0, 0.1) is 10.1 Å². The molecule has 0 saturated heterocycles. The van der Waals surface area contributed by atoms with E-state index in [0.29, 0.717) is 6.47 Å². The van der Waals surface area contributed by atoms with Crippen LogP contribution in [0.15, 0.2) is 29.2 Å². The average Bonchev–Trinajstić information content (AvgIpc) is 2.48. The minimum absolute atomic E-state index is 0.0909. The van der Waals surface area contributed by atoms with Crippen molar-refractivity contribution in [3.63, 3.8) is 0 Å². The molecule has 0 aliphatic rings.